The van der Waals surface area contributed by atoms with Crippen molar-refractivity contribution in [2.45, 2.75) is 19.2 Å². The number of aliphatic hydroxyl groups excluding tert-OH is 1. The molecule has 4 nitrogen and oxygen atoms in total. The molecular formula is C19H21ClFNO3. The average Bonchev–Trinajstić information content (AvgIpc) is 2.62. The quantitative estimate of drug-likeness (QED) is 0.853. The van der Waals surface area contributed by atoms with Crippen molar-refractivity contribution in [3.05, 3.63) is 64.4 Å². The first kappa shape index (κ1) is 18.1. The number of aliphatic hydroxyl groups is 1. The second-order valence-corrected chi connectivity index (χ2v) is 6.43. The van der Waals surface area contributed by atoms with Crippen molar-refractivity contribution in [3.8, 4) is 5.75 Å². The van der Waals surface area contributed by atoms with Crippen LogP contribution in [-0.2, 0) is 17.9 Å². The van der Waals surface area contributed by atoms with Crippen LogP contribution in [0, 0.1) is 5.82 Å². The molecule has 1 fully saturated rings. The van der Waals surface area contributed by atoms with Gasteiger partial charge in [0.05, 0.1) is 30.9 Å². The summed E-state index contributed by atoms with van der Waals surface area (Å²) >= 11 is 6.03. The number of rotatable bonds is 6. The van der Waals surface area contributed by atoms with Gasteiger partial charge in [-0.15, -0.1) is 0 Å². The van der Waals surface area contributed by atoms with Gasteiger partial charge < -0.3 is 14.6 Å². The molecule has 1 aliphatic heterocycles. The van der Waals surface area contributed by atoms with Gasteiger partial charge in [-0.1, -0.05) is 29.8 Å². The van der Waals surface area contributed by atoms with Gasteiger partial charge >= 0.3 is 0 Å². The summed E-state index contributed by atoms with van der Waals surface area (Å²) < 4.78 is 24.9. The largest absolute Gasteiger partial charge is 0.489 e. The highest BCUT2D eigenvalue weighted by Gasteiger charge is 2.22. The highest BCUT2D eigenvalue weighted by molar-refractivity contribution is 6.31. The van der Waals surface area contributed by atoms with Crippen molar-refractivity contribution >= 4 is 11.6 Å². The fourth-order valence-corrected chi connectivity index (χ4v) is 3.08. The number of hydrogen-bond donors (Lipinski definition) is 1. The van der Waals surface area contributed by atoms with Crippen LogP contribution in [0.1, 0.15) is 11.1 Å². The molecule has 3 rings (SSSR count). The molecule has 1 N–H and O–H groups in total. The molecule has 1 atom stereocenters. The molecule has 2 aromatic carbocycles. The van der Waals surface area contributed by atoms with Crippen LogP contribution in [0.4, 0.5) is 4.39 Å². The molecule has 1 heterocycles. The number of benzene rings is 2. The Hall–Kier alpha value is -1.66. The molecular weight excluding hydrogens is 345 g/mol. The lowest BCUT2D eigenvalue weighted by Gasteiger charge is -2.34. The van der Waals surface area contributed by atoms with Gasteiger partial charge in [0.1, 0.15) is 18.2 Å². The van der Waals surface area contributed by atoms with Crippen molar-refractivity contribution in [3.63, 3.8) is 0 Å². The maximum atomic E-state index is 13.8. The maximum Gasteiger partial charge on any atom is 0.131 e. The van der Waals surface area contributed by atoms with Gasteiger partial charge in [0.25, 0.3) is 0 Å². The molecule has 134 valence electrons. The Balaban J connectivity index is 1.65. The molecule has 1 saturated heterocycles. The molecule has 1 unspecified atom stereocenters. The summed E-state index contributed by atoms with van der Waals surface area (Å²) in [5.74, 6) is 0.286. The summed E-state index contributed by atoms with van der Waals surface area (Å²) in [6.07, 6.45) is 0. The Bertz CT molecular complexity index is 693. The average molecular weight is 366 g/mol. The van der Waals surface area contributed by atoms with E-state index in [1.165, 1.54) is 6.07 Å². The fraction of sp³-hybridized carbons (Fsp3) is 0.368. The van der Waals surface area contributed by atoms with Crippen LogP contribution >= 0.6 is 11.6 Å². The highest BCUT2D eigenvalue weighted by atomic mass is 35.5. The van der Waals surface area contributed by atoms with Crippen LogP contribution in [0.3, 0.4) is 0 Å². The lowest BCUT2D eigenvalue weighted by molar-refractivity contribution is -0.0312. The molecule has 25 heavy (non-hydrogen) atoms. The highest BCUT2D eigenvalue weighted by Crippen LogP contribution is 2.23. The zero-order valence-corrected chi connectivity index (χ0v) is 14.6. The Kier molecular flexibility index (Phi) is 6.26. The lowest BCUT2D eigenvalue weighted by atomic mass is 10.1. The van der Waals surface area contributed by atoms with Crippen LogP contribution in [0.25, 0.3) is 0 Å². The third kappa shape index (κ3) is 4.70. The number of nitrogens with zero attached hydrogens (tertiary/aromatic N) is 1. The van der Waals surface area contributed by atoms with Gasteiger partial charge in [0, 0.05) is 18.7 Å². The SMILES string of the molecule is OCC1COCCN1Cc1cccc(OCc2c(F)cccc2Cl)c1. The van der Waals surface area contributed by atoms with Crippen LogP contribution < -0.4 is 4.74 Å². The van der Waals surface area contributed by atoms with Crippen molar-refractivity contribution in [2.75, 3.05) is 26.4 Å². The fourth-order valence-electron chi connectivity index (χ4n) is 2.86. The third-order valence-corrected chi connectivity index (χ3v) is 4.64. The number of morpholine rings is 1. The van der Waals surface area contributed by atoms with E-state index in [2.05, 4.69) is 4.90 Å². The first-order valence-electron chi connectivity index (χ1n) is 8.24. The standard InChI is InChI=1S/C19H21ClFNO3/c20-18-5-2-6-19(21)17(18)13-25-16-4-1-3-14(9-16)10-22-7-8-24-12-15(22)11-23/h1-6,9,15,23H,7-8,10-13H2. The Morgan fingerprint density at radius 3 is 2.92 bits per heavy atom. The van der Waals surface area contributed by atoms with E-state index in [4.69, 9.17) is 21.1 Å². The van der Waals surface area contributed by atoms with E-state index in [0.29, 0.717) is 36.1 Å². The second kappa shape index (κ2) is 8.63. The zero-order valence-electron chi connectivity index (χ0n) is 13.8. The normalized spacial score (nSPS) is 18.3. The Labute approximate surface area is 151 Å². The third-order valence-electron chi connectivity index (χ3n) is 4.29. The first-order valence-corrected chi connectivity index (χ1v) is 8.62. The molecule has 0 radical (unpaired) electrons. The maximum absolute atomic E-state index is 13.8. The van der Waals surface area contributed by atoms with Gasteiger partial charge in [0.15, 0.2) is 0 Å². The van der Waals surface area contributed by atoms with Crippen LogP contribution in [0.2, 0.25) is 5.02 Å². The van der Waals surface area contributed by atoms with Gasteiger partial charge in [-0.3, -0.25) is 4.90 Å². The van der Waals surface area contributed by atoms with Crippen LogP contribution in [0.5, 0.6) is 5.75 Å². The minimum absolute atomic E-state index is 0.00976. The van der Waals surface area contributed by atoms with E-state index < -0.39 is 0 Å². The molecule has 2 aromatic rings. The predicted octanol–water partition coefficient (Wildman–Crippen LogP) is 3.25. The summed E-state index contributed by atoms with van der Waals surface area (Å²) in [6, 6.07) is 12.3. The first-order chi connectivity index (χ1) is 12.2. The Morgan fingerprint density at radius 2 is 2.12 bits per heavy atom. The van der Waals surface area contributed by atoms with Crippen molar-refractivity contribution in [2.24, 2.45) is 0 Å². The van der Waals surface area contributed by atoms with Crippen molar-refractivity contribution < 1.29 is 19.0 Å². The molecule has 0 amide bonds. The summed E-state index contributed by atoms with van der Waals surface area (Å²) in [5, 5.41) is 9.82. The molecule has 1 aliphatic rings. The minimum atomic E-state index is -0.372. The van der Waals surface area contributed by atoms with Gasteiger partial charge in [-0.05, 0) is 29.8 Å². The summed E-state index contributed by atoms with van der Waals surface area (Å²) in [4.78, 5) is 2.19. The molecule has 0 aliphatic carbocycles. The number of ether oxygens (including phenoxy) is 2. The van der Waals surface area contributed by atoms with E-state index >= 15 is 0 Å². The topological polar surface area (TPSA) is 41.9 Å². The van der Waals surface area contributed by atoms with Crippen molar-refractivity contribution in [1.29, 1.82) is 0 Å². The summed E-state index contributed by atoms with van der Waals surface area (Å²) in [5.41, 5.74) is 1.42. The lowest BCUT2D eigenvalue weighted by Crippen LogP contribution is -2.46. The van der Waals surface area contributed by atoms with Gasteiger partial charge in [-0.25, -0.2) is 4.39 Å². The van der Waals surface area contributed by atoms with Gasteiger partial charge in [-0.2, -0.15) is 0 Å². The Morgan fingerprint density at radius 1 is 1.28 bits per heavy atom. The van der Waals surface area contributed by atoms with E-state index in [1.807, 2.05) is 24.3 Å². The van der Waals surface area contributed by atoms with E-state index in [9.17, 15) is 9.50 Å². The van der Waals surface area contributed by atoms with E-state index in [0.717, 1.165) is 12.1 Å². The summed E-state index contributed by atoms with van der Waals surface area (Å²) in [7, 11) is 0. The molecule has 0 spiro atoms. The number of hydrogen-bond acceptors (Lipinski definition) is 4. The zero-order chi connectivity index (χ0) is 17.6. The molecule has 6 heteroatoms. The smallest absolute Gasteiger partial charge is 0.131 e. The van der Waals surface area contributed by atoms with Crippen LogP contribution in [-0.4, -0.2) is 42.4 Å². The molecule has 0 bridgehead atoms. The minimum Gasteiger partial charge on any atom is -0.489 e. The van der Waals surface area contributed by atoms with Gasteiger partial charge in [0.2, 0.25) is 0 Å². The molecule has 0 aromatic heterocycles. The monoisotopic (exact) mass is 365 g/mol. The van der Waals surface area contributed by atoms with Crippen LogP contribution in [0.15, 0.2) is 42.5 Å². The predicted molar refractivity (Wildman–Crippen MR) is 94.3 cm³/mol. The number of halogens is 2. The van der Waals surface area contributed by atoms with E-state index in [1.54, 1.807) is 12.1 Å². The molecule has 0 saturated carbocycles. The second-order valence-electron chi connectivity index (χ2n) is 6.02. The van der Waals surface area contributed by atoms with E-state index in [-0.39, 0.29) is 25.1 Å². The van der Waals surface area contributed by atoms with Crippen molar-refractivity contribution in [1.82, 2.24) is 4.90 Å². The summed E-state index contributed by atoms with van der Waals surface area (Å²) in [6.45, 7) is 2.83.